The predicted molar refractivity (Wildman–Crippen MR) is 93.9 cm³/mol. The fourth-order valence-electron chi connectivity index (χ4n) is 3.11. The fourth-order valence-corrected chi connectivity index (χ4v) is 3.11. The smallest absolute Gasteiger partial charge is 0.290 e. The van der Waals surface area contributed by atoms with Crippen LogP contribution < -0.4 is 9.47 Å². The summed E-state index contributed by atoms with van der Waals surface area (Å²) in [6.45, 7) is 5.20. The van der Waals surface area contributed by atoms with Crippen molar-refractivity contribution in [3.8, 4) is 11.5 Å². The maximum Gasteiger partial charge on any atom is 0.290 e. The number of hydrogen-bond donors (Lipinski definition) is 0. The van der Waals surface area contributed by atoms with Crippen molar-refractivity contribution in [1.82, 2.24) is 4.90 Å². The van der Waals surface area contributed by atoms with Crippen LogP contribution in [0.3, 0.4) is 0 Å². The lowest BCUT2D eigenvalue weighted by molar-refractivity contribution is 0.0721. The van der Waals surface area contributed by atoms with E-state index < -0.39 is 0 Å². The van der Waals surface area contributed by atoms with Crippen LogP contribution in [0.1, 0.15) is 28.6 Å². The van der Waals surface area contributed by atoms with Gasteiger partial charge >= 0.3 is 0 Å². The van der Waals surface area contributed by atoms with Crippen LogP contribution in [0.25, 0.3) is 11.0 Å². The Morgan fingerprint density at radius 2 is 1.92 bits per heavy atom. The number of ether oxygens (including phenoxy) is 2. The zero-order chi connectivity index (χ0) is 17.4. The van der Waals surface area contributed by atoms with Gasteiger partial charge in [0.1, 0.15) is 5.58 Å². The maximum atomic E-state index is 13.0. The molecule has 1 amide bonds. The highest BCUT2D eigenvalue weighted by molar-refractivity contribution is 5.98. The number of furan rings is 1. The van der Waals surface area contributed by atoms with Gasteiger partial charge in [-0.1, -0.05) is 24.3 Å². The molecule has 2 aromatic carbocycles. The molecule has 0 saturated heterocycles. The molecule has 0 N–H and O–H groups in total. The fraction of sp³-hybridized carbons (Fsp3) is 0.250. The summed E-state index contributed by atoms with van der Waals surface area (Å²) in [5, 5.41) is 0.977. The Bertz CT molecular complexity index is 944. The summed E-state index contributed by atoms with van der Waals surface area (Å²) in [4.78, 5) is 14.7. The first-order valence-electron chi connectivity index (χ1n) is 8.33. The van der Waals surface area contributed by atoms with Crippen LogP contribution in [0, 0.1) is 6.92 Å². The molecule has 1 aliphatic heterocycles. The Hall–Kier alpha value is -2.95. The van der Waals surface area contributed by atoms with E-state index in [1.807, 2.05) is 56.3 Å². The van der Waals surface area contributed by atoms with Crippen molar-refractivity contribution in [3.05, 3.63) is 59.4 Å². The van der Waals surface area contributed by atoms with E-state index in [4.69, 9.17) is 13.9 Å². The first-order valence-corrected chi connectivity index (χ1v) is 8.33. The van der Waals surface area contributed by atoms with Gasteiger partial charge in [-0.3, -0.25) is 4.79 Å². The van der Waals surface area contributed by atoms with E-state index in [2.05, 4.69) is 0 Å². The van der Waals surface area contributed by atoms with Crippen LogP contribution in [0.15, 0.2) is 46.9 Å². The highest BCUT2D eigenvalue weighted by Gasteiger charge is 2.23. The summed E-state index contributed by atoms with van der Waals surface area (Å²) < 4.78 is 16.6. The molecule has 128 valence electrons. The van der Waals surface area contributed by atoms with E-state index in [1.165, 1.54) is 0 Å². The minimum Gasteiger partial charge on any atom is -0.454 e. The van der Waals surface area contributed by atoms with Crippen molar-refractivity contribution in [1.29, 1.82) is 0 Å². The minimum absolute atomic E-state index is 0.103. The van der Waals surface area contributed by atoms with Crippen LogP contribution in [-0.2, 0) is 6.54 Å². The average molecular weight is 337 g/mol. The number of para-hydroxylation sites is 1. The van der Waals surface area contributed by atoms with Gasteiger partial charge < -0.3 is 18.8 Å². The van der Waals surface area contributed by atoms with Gasteiger partial charge in [-0.05, 0) is 37.6 Å². The van der Waals surface area contributed by atoms with Crippen molar-refractivity contribution >= 4 is 16.9 Å². The molecule has 1 aromatic heterocycles. The second kappa shape index (κ2) is 6.16. The number of nitrogens with zero attached hydrogens (tertiary/aromatic N) is 1. The lowest BCUT2D eigenvalue weighted by Gasteiger charge is -2.20. The zero-order valence-corrected chi connectivity index (χ0v) is 14.2. The Morgan fingerprint density at radius 1 is 1.12 bits per heavy atom. The molecule has 4 rings (SSSR count). The number of benzene rings is 2. The van der Waals surface area contributed by atoms with Gasteiger partial charge in [-0.2, -0.15) is 0 Å². The SMILES string of the molecule is CCN(Cc1ccc2c(c1)OCO2)C(=O)c1oc2ccccc2c1C. The highest BCUT2D eigenvalue weighted by Crippen LogP contribution is 2.33. The molecule has 2 heterocycles. The molecule has 0 bridgehead atoms. The van der Waals surface area contributed by atoms with Gasteiger partial charge in [0.25, 0.3) is 5.91 Å². The topological polar surface area (TPSA) is 51.9 Å². The van der Waals surface area contributed by atoms with Crippen molar-refractivity contribution in [2.24, 2.45) is 0 Å². The summed E-state index contributed by atoms with van der Waals surface area (Å²) in [5.41, 5.74) is 2.61. The van der Waals surface area contributed by atoms with Crippen molar-refractivity contribution in [3.63, 3.8) is 0 Å². The maximum absolute atomic E-state index is 13.0. The summed E-state index contributed by atoms with van der Waals surface area (Å²) in [5.74, 6) is 1.77. The molecular weight excluding hydrogens is 318 g/mol. The molecule has 0 aliphatic carbocycles. The molecule has 25 heavy (non-hydrogen) atoms. The molecule has 1 aliphatic rings. The van der Waals surface area contributed by atoms with Crippen molar-refractivity contribution in [2.45, 2.75) is 20.4 Å². The molecule has 0 spiro atoms. The van der Waals surface area contributed by atoms with Gasteiger partial charge in [0.15, 0.2) is 17.3 Å². The Balaban J connectivity index is 1.61. The highest BCUT2D eigenvalue weighted by atomic mass is 16.7. The summed E-state index contributed by atoms with van der Waals surface area (Å²) >= 11 is 0. The number of rotatable bonds is 4. The minimum atomic E-state index is -0.103. The van der Waals surface area contributed by atoms with Crippen LogP contribution in [0.5, 0.6) is 11.5 Å². The molecule has 0 saturated carbocycles. The van der Waals surface area contributed by atoms with Gasteiger partial charge in [-0.25, -0.2) is 0 Å². The normalized spacial score (nSPS) is 12.6. The number of aryl methyl sites for hydroxylation is 1. The van der Waals surface area contributed by atoms with Crippen LogP contribution in [0.4, 0.5) is 0 Å². The first kappa shape index (κ1) is 15.6. The van der Waals surface area contributed by atoms with Gasteiger partial charge in [0.2, 0.25) is 6.79 Å². The first-order chi connectivity index (χ1) is 12.2. The molecule has 5 heteroatoms. The Labute approximate surface area is 145 Å². The lowest BCUT2D eigenvalue weighted by atomic mass is 10.1. The molecule has 3 aromatic rings. The Kier molecular flexibility index (Phi) is 3.84. The standard InChI is InChI=1S/C20H19NO4/c1-3-21(11-14-8-9-17-18(10-14)24-12-23-17)20(22)19-13(2)15-6-4-5-7-16(15)25-19/h4-10H,3,11-12H2,1-2H3. The largest absolute Gasteiger partial charge is 0.454 e. The monoisotopic (exact) mass is 337 g/mol. The van der Waals surface area contributed by atoms with Crippen LogP contribution >= 0.6 is 0 Å². The quantitative estimate of drug-likeness (QED) is 0.718. The average Bonchev–Trinajstić information content (AvgIpc) is 3.23. The lowest BCUT2D eigenvalue weighted by Crippen LogP contribution is -2.30. The molecule has 0 radical (unpaired) electrons. The summed E-state index contributed by atoms with van der Waals surface area (Å²) in [6.07, 6.45) is 0. The van der Waals surface area contributed by atoms with E-state index in [-0.39, 0.29) is 12.7 Å². The zero-order valence-electron chi connectivity index (χ0n) is 14.2. The third-order valence-corrected chi connectivity index (χ3v) is 4.52. The molecule has 0 unspecified atom stereocenters. The second-order valence-corrected chi connectivity index (χ2v) is 6.06. The van der Waals surface area contributed by atoms with E-state index in [1.54, 1.807) is 4.90 Å². The predicted octanol–water partition coefficient (Wildman–Crippen LogP) is 4.13. The third kappa shape index (κ3) is 2.71. The summed E-state index contributed by atoms with van der Waals surface area (Å²) in [6, 6.07) is 13.5. The van der Waals surface area contributed by atoms with Crippen molar-refractivity contribution in [2.75, 3.05) is 13.3 Å². The third-order valence-electron chi connectivity index (χ3n) is 4.52. The number of hydrogen-bond acceptors (Lipinski definition) is 4. The van der Waals surface area contributed by atoms with Gasteiger partial charge in [0.05, 0.1) is 0 Å². The number of fused-ring (bicyclic) bond motifs is 2. The van der Waals surface area contributed by atoms with Gasteiger partial charge in [0, 0.05) is 24.0 Å². The molecular formula is C20H19NO4. The number of carbonyl (C=O) groups excluding carboxylic acids is 1. The number of carbonyl (C=O) groups is 1. The van der Waals surface area contributed by atoms with Crippen LogP contribution in [-0.4, -0.2) is 24.1 Å². The molecule has 5 nitrogen and oxygen atoms in total. The number of amides is 1. The summed E-state index contributed by atoms with van der Waals surface area (Å²) in [7, 11) is 0. The van der Waals surface area contributed by atoms with E-state index in [9.17, 15) is 4.79 Å². The van der Waals surface area contributed by atoms with Gasteiger partial charge in [-0.15, -0.1) is 0 Å². The van der Waals surface area contributed by atoms with Crippen LogP contribution in [0.2, 0.25) is 0 Å². The van der Waals surface area contributed by atoms with Crippen molar-refractivity contribution < 1.29 is 18.7 Å². The van der Waals surface area contributed by atoms with E-state index in [0.717, 1.165) is 33.6 Å². The molecule has 0 atom stereocenters. The van der Waals surface area contributed by atoms with E-state index in [0.29, 0.717) is 18.8 Å². The van der Waals surface area contributed by atoms with E-state index >= 15 is 0 Å². The molecule has 0 fully saturated rings. The second-order valence-electron chi connectivity index (χ2n) is 6.06. The Morgan fingerprint density at radius 3 is 2.72 bits per heavy atom.